The zero-order chi connectivity index (χ0) is 18.1. The molecule has 1 atom stereocenters. The van der Waals surface area contributed by atoms with Crippen LogP contribution in [0.1, 0.15) is 123 Å². The average Bonchev–Trinajstić information content (AvgIpc) is 2.55. The molecule has 0 heterocycles. The van der Waals surface area contributed by atoms with Gasteiger partial charge in [-0.25, -0.2) is 4.79 Å². The summed E-state index contributed by atoms with van der Waals surface area (Å²) in [5.41, 5.74) is -1.49. The molecule has 0 radical (unpaired) electrons. The maximum atomic E-state index is 11.1. The van der Waals surface area contributed by atoms with Crippen molar-refractivity contribution in [1.82, 2.24) is 0 Å². The largest absolute Gasteiger partial charge is 0.479 e. The summed E-state index contributed by atoms with van der Waals surface area (Å²) in [4.78, 5) is 11.1. The van der Waals surface area contributed by atoms with Gasteiger partial charge in [0, 0.05) is 0 Å². The SMILES string of the molecule is CCCCCCCCCCCCCCCCC(O)(CCC)C(=O)O. The lowest BCUT2D eigenvalue weighted by molar-refractivity contribution is -0.160. The van der Waals surface area contributed by atoms with Crippen LogP contribution in [0.3, 0.4) is 0 Å². The predicted molar refractivity (Wildman–Crippen MR) is 102 cm³/mol. The van der Waals surface area contributed by atoms with Crippen molar-refractivity contribution < 1.29 is 15.0 Å². The third-order valence-corrected chi connectivity index (χ3v) is 5.01. The molecule has 0 aliphatic rings. The van der Waals surface area contributed by atoms with Gasteiger partial charge in [-0.05, 0) is 19.3 Å². The molecule has 0 rings (SSSR count). The smallest absolute Gasteiger partial charge is 0.335 e. The van der Waals surface area contributed by atoms with Crippen molar-refractivity contribution in [1.29, 1.82) is 0 Å². The standard InChI is InChI=1S/C21H42O3/c1-3-5-6-7-8-9-10-11-12-13-14-15-16-17-19-21(24,18-4-2)20(22)23/h24H,3-19H2,1-2H3,(H,22,23). The summed E-state index contributed by atoms with van der Waals surface area (Å²) in [6.45, 7) is 4.18. The van der Waals surface area contributed by atoms with Gasteiger partial charge in [-0.1, -0.05) is 104 Å². The second-order valence-corrected chi connectivity index (χ2v) is 7.43. The number of unbranched alkanes of at least 4 members (excludes halogenated alkanes) is 13. The molecule has 0 aromatic rings. The van der Waals surface area contributed by atoms with Gasteiger partial charge in [0.1, 0.15) is 0 Å². The van der Waals surface area contributed by atoms with E-state index in [1.807, 2.05) is 6.92 Å². The van der Waals surface area contributed by atoms with Gasteiger partial charge < -0.3 is 10.2 Å². The van der Waals surface area contributed by atoms with Crippen LogP contribution >= 0.6 is 0 Å². The Morgan fingerprint density at radius 3 is 1.33 bits per heavy atom. The highest BCUT2D eigenvalue weighted by Gasteiger charge is 2.33. The summed E-state index contributed by atoms with van der Waals surface area (Å²) in [6.07, 6.45) is 19.5. The van der Waals surface area contributed by atoms with Crippen molar-refractivity contribution in [2.45, 2.75) is 129 Å². The predicted octanol–water partition coefficient (Wildman–Crippen LogP) is 6.47. The van der Waals surface area contributed by atoms with Crippen molar-refractivity contribution in [2.75, 3.05) is 0 Å². The molecular weight excluding hydrogens is 300 g/mol. The molecule has 24 heavy (non-hydrogen) atoms. The van der Waals surface area contributed by atoms with Gasteiger partial charge in [-0.2, -0.15) is 0 Å². The first-order valence-electron chi connectivity index (χ1n) is 10.5. The summed E-state index contributed by atoms with van der Waals surface area (Å²) in [6, 6.07) is 0. The topological polar surface area (TPSA) is 57.5 Å². The first kappa shape index (κ1) is 23.4. The van der Waals surface area contributed by atoms with E-state index in [1.165, 1.54) is 77.0 Å². The van der Waals surface area contributed by atoms with E-state index < -0.39 is 11.6 Å². The van der Waals surface area contributed by atoms with E-state index in [1.54, 1.807) is 0 Å². The number of aliphatic carboxylic acids is 1. The van der Waals surface area contributed by atoms with Crippen LogP contribution in [0, 0.1) is 0 Å². The molecule has 3 heteroatoms. The monoisotopic (exact) mass is 342 g/mol. The number of rotatable bonds is 18. The van der Waals surface area contributed by atoms with E-state index in [-0.39, 0.29) is 0 Å². The molecule has 0 aromatic heterocycles. The van der Waals surface area contributed by atoms with Crippen LogP contribution in [0.15, 0.2) is 0 Å². The zero-order valence-corrected chi connectivity index (χ0v) is 16.3. The van der Waals surface area contributed by atoms with Crippen LogP contribution < -0.4 is 0 Å². The fourth-order valence-corrected chi connectivity index (χ4v) is 3.36. The highest BCUT2D eigenvalue weighted by atomic mass is 16.4. The molecule has 0 saturated carbocycles. The van der Waals surface area contributed by atoms with E-state index in [0.29, 0.717) is 19.3 Å². The Kier molecular flexibility index (Phi) is 15.6. The lowest BCUT2D eigenvalue weighted by Crippen LogP contribution is -2.38. The summed E-state index contributed by atoms with van der Waals surface area (Å²) in [7, 11) is 0. The Bertz CT molecular complexity index is 291. The molecule has 3 nitrogen and oxygen atoms in total. The number of carbonyl (C=O) groups is 1. The molecule has 144 valence electrons. The Hall–Kier alpha value is -0.570. The highest BCUT2D eigenvalue weighted by molar-refractivity contribution is 5.76. The van der Waals surface area contributed by atoms with Crippen LogP contribution in [-0.2, 0) is 4.79 Å². The highest BCUT2D eigenvalue weighted by Crippen LogP contribution is 2.22. The Labute approximate surface area is 150 Å². The van der Waals surface area contributed by atoms with E-state index >= 15 is 0 Å². The quantitative estimate of drug-likeness (QED) is 0.280. The molecule has 0 bridgehead atoms. The Morgan fingerprint density at radius 1 is 0.625 bits per heavy atom. The van der Waals surface area contributed by atoms with Gasteiger partial charge >= 0.3 is 5.97 Å². The lowest BCUT2D eigenvalue weighted by atomic mass is 9.91. The first-order chi connectivity index (χ1) is 11.6. The Balaban J connectivity index is 3.35. The number of hydrogen-bond donors (Lipinski definition) is 2. The summed E-state index contributed by atoms with van der Waals surface area (Å²) in [5.74, 6) is -1.06. The lowest BCUT2D eigenvalue weighted by Gasteiger charge is -2.22. The molecule has 2 N–H and O–H groups in total. The van der Waals surface area contributed by atoms with E-state index in [0.717, 1.165) is 12.8 Å². The number of carboxylic acids is 1. The third kappa shape index (κ3) is 12.8. The third-order valence-electron chi connectivity index (χ3n) is 5.01. The molecule has 0 saturated heterocycles. The van der Waals surface area contributed by atoms with Crippen molar-refractivity contribution in [3.63, 3.8) is 0 Å². The van der Waals surface area contributed by atoms with Crippen LogP contribution in [0.2, 0.25) is 0 Å². The normalized spacial score (nSPS) is 13.8. The first-order valence-corrected chi connectivity index (χ1v) is 10.5. The van der Waals surface area contributed by atoms with Crippen LogP contribution in [0.25, 0.3) is 0 Å². The number of hydrogen-bond acceptors (Lipinski definition) is 2. The molecular formula is C21H42O3. The molecule has 0 fully saturated rings. The molecule has 1 unspecified atom stereocenters. The minimum absolute atomic E-state index is 0.362. The fourth-order valence-electron chi connectivity index (χ4n) is 3.36. The van der Waals surface area contributed by atoms with Crippen LogP contribution in [0.5, 0.6) is 0 Å². The van der Waals surface area contributed by atoms with Crippen molar-refractivity contribution in [2.24, 2.45) is 0 Å². The molecule has 0 amide bonds. The van der Waals surface area contributed by atoms with Crippen LogP contribution in [-0.4, -0.2) is 21.8 Å². The summed E-state index contributed by atoms with van der Waals surface area (Å²) >= 11 is 0. The average molecular weight is 343 g/mol. The second-order valence-electron chi connectivity index (χ2n) is 7.43. The molecule has 0 spiro atoms. The van der Waals surface area contributed by atoms with E-state index in [9.17, 15) is 9.90 Å². The number of carboxylic acid groups (broad SMARTS) is 1. The van der Waals surface area contributed by atoms with Crippen molar-refractivity contribution in [3.8, 4) is 0 Å². The van der Waals surface area contributed by atoms with E-state index in [2.05, 4.69) is 6.92 Å². The fraction of sp³-hybridized carbons (Fsp3) is 0.952. The molecule has 0 aromatic carbocycles. The molecule has 0 aliphatic carbocycles. The minimum atomic E-state index is -1.49. The number of aliphatic hydroxyl groups is 1. The van der Waals surface area contributed by atoms with Gasteiger partial charge in [0.15, 0.2) is 5.60 Å². The second kappa shape index (κ2) is 15.9. The van der Waals surface area contributed by atoms with Crippen LogP contribution in [0.4, 0.5) is 0 Å². The maximum Gasteiger partial charge on any atom is 0.335 e. The van der Waals surface area contributed by atoms with Gasteiger partial charge in [0.2, 0.25) is 0 Å². The van der Waals surface area contributed by atoms with E-state index in [4.69, 9.17) is 5.11 Å². The maximum absolute atomic E-state index is 11.1. The van der Waals surface area contributed by atoms with Gasteiger partial charge in [0.05, 0.1) is 0 Å². The van der Waals surface area contributed by atoms with Gasteiger partial charge in [-0.3, -0.25) is 0 Å². The Morgan fingerprint density at radius 2 is 1.00 bits per heavy atom. The van der Waals surface area contributed by atoms with Crippen molar-refractivity contribution >= 4 is 5.97 Å². The summed E-state index contributed by atoms with van der Waals surface area (Å²) in [5, 5.41) is 19.2. The summed E-state index contributed by atoms with van der Waals surface area (Å²) < 4.78 is 0. The minimum Gasteiger partial charge on any atom is -0.479 e. The zero-order valence-electron chi connectivity index (χ0n) is 16.3. The molecule has 0 aliphatic heterocycles. The van der Waals surface area contributed by atoms with Gasteiger partial charge in [0.25, 0.3) is 0 Å². The van der Waals surface area contributed by atoms with Crippen molar-refractivity contribution in [3.05, 3.63) is 0 Å². The van der Waals surface area contributed by atoms with Gasteiger partial charge in [-0.15, -0.1) is 0 Å².